The van der Waals surface area contributed by atoms with Crippen LogP contribution in [-0.2, 0) is 23.4 Å². The van der Waals surface area contributed by atoms with Crippen molar-refractivity contribution in [3.63, 3.8) is 0 Å². The van der Waals surface area contributed by atoms with Crippen LogP contribution in [0, 0.1) is 0 Å². The summed E-state index contributed by atoms with van der Waals surface area (Å²) in [6, 6.07) is 7.92. The lowest BCUT2D eigenvalue weighted by Crippen LogP contribution is -2.42. The predicted octanol–water partition coefficient (Wildman–Crippen LogP) is 2.36. The minimum absolute atomic E-state index is 0.274. The Labute approximate surface area is 159 Å². The van der Waals surface area contributed by atoms with Gasteiger partial charge in [0.15, 0.2) is 5.69 Å². The maximum absolute atomic E-state index is 12.6. The van der Waals surface area contributed by atoms with E-state index in [-0.39, 0.29) is 12.2 Å². The highest BCUT2D eigenvalue weighted by molar-refractivity contribution is 7.17. The number of amides is 1. The lowest BCUT2D eigenvalue weighted by atomic mass is 10.1. The van der Waals surface area contributed by atoms with E-state index in [1.807, 2.05) is 29.6 Å². The van der Waals surface area contributed by atoms with Crippen molar-refractivity contribution in [2.24, 2.45) is 0 Å². The van der Waals surface area contributed by atoms with E-state index in [4.69, 9.17) is 4.74 Å². The molecule has 0 aliphatic carbocycles. The second-order valence-corrected chi connectivity index (χ2v) is 7.80. The highest BCUT2D eigenvalue weighted by atomic mass is 32.1. The van der Waals surface area contributed by atoms with Gasteiger partial charge in [-0.15, -0.1) is 11.3 Å². The average Bonchev–Trinajstić information content (AvgIpc) is 3.06. The van der Waals surface area contributed by atoms with Gasteiger partial charge < -0.3 is 15.2 Å². The van der Waals surface area contributed by atoms with Crippen molar-refractivity contribution < 1.29 is 14.6 Å². The molecule has 3 aromatic rings. The second kappa shape index (κ2) is 6.47. The number of nitrogens with one attached hydrogen (secondary N) is 1. The molecule has 3 heterocycles. The molecule has 2 N–H and O–H groups in total. The summed E-state index contributed by atoms with van der Waals surface area (Å²) in [5.74, 6) is -0.892. The lowest BCUT2D eigenvalue weighted by Gasteiger charge is -2.32. The smallest absolute Gasteiger partial charge is 0.296 e. The Kier molecular flexibility index (Phi) is 4.24. The molecule has 4 rings (SSSR count). The first-order chi connectivity index (χ1) is 12.9. The summed E-state index contributed by atoms with van der Waals surface area (Å²) in [6.45, 7) is 4.47. The Morgan fingerprint density at radius 1 is 1.41 bits per heavy atom. The summed E-state index contributed by atoms with van der Waals surface area (Å²) < 4.78 is 8.15. The van der Waals surface area contributed by atoms with Crippen molar-refractivity contribution in [3.8, 4) is 5.75 Å². The minimum Gasteiger partial charge on any atom is -0.501 e. The van der Waals surface area contributed by atoms with Gasteiger partial charge in [0.05, 0.1) is 13.2 Å². The topological polar surface area (TPSA) is 93.5 Å². The maximum atomic E-state index is 12.6. The number of aromatic nitrogens is 2. The van der Waals surface area contributed by atoms with Crippen LogP contribution >= 0.6 is 11.3 Å². The Morgan fingerprint density at radius 3 is 3.00 bits per heavy atom. The fraction of sp³-hybridized carbons (Fsp3) is 0.316. The van der Waals surface area contributed by atoms with E-state index in [9.17, 15) is 14.7 Å². The van der Waals surface area contributed by atoms with Gasteiger partial charge in [0.25, 0.3) is 11.5 Å². The number of benzene rings is 1. The zero-order valence-corrected chi connectivity index (χ0v) is 15.8. The molecule has 1 aliphatic rings. The SMILES string of the molecule is CC1(C)OCCn2c1nc(C(=O)NCc1csc3ccccc13)c(O)c2=O. The van der Waals surface area contributed by atoms with Crippen LogP contribution < -0.4 is 10.9 Å². The number of rotatable bonds is 3. The van der Waals surface area contributed by atoms with Crippen LogP contribution in [0.5, 0.6) is 5.75 Å². The van der Waals surface area contributed by atoms with Crippen molar-refractivity contribution >= 4 is 27.3 Å². The third kappa shape index (κ3) is 3.00. The fourth-order valence-corrected chi connectivity index (χ4v) is 4.22. The van der Waals surface area contributed by atoms with Crippen LogP contribution in [0.3, 0.4) is 0 Å². The number of aromatic hydroxyl groups is 1. The number of carbonyl (C=O) groups excluding carboxylic acids is 1. The van der Waals surface area contributed by atoms with Crippen molar-refractivity contribution in [2.45, 2.75) is 32.5 Å². The monoisotopic (exact) mass is 385 g/mol. The van der Waals surface area contributed by atoms with Crippen molar-refractivity contribution in [3.05, 3.63) is 57.1 Å². The summed E-state index contributed by atoms with van der Waals surface area (Å²) in [4.78, 5) is 29.4. The minimum atomic E-state index is -0.816. The molecule has 2 aromatic heterocycles. The summed E-state index contributed by atoms with van der Waals surface area (Å²) in [7, 11) is 0. The number of ether oxygens (including phenoxy) is 1. The van der Waals surface area contributed by atoms with E-state index in [2.05, 4.69) is 10.3 Å². The van der Waals surface area contributed by atoms with E-state index in [1.54, 1.807) is 25.2 Å². The van der Waals surface area contributed by atoms with Gasteiger partial charge in [-0.3, -0.25) is 14.2 Å². The van der Waals surface area contributed by atoms with Crippen LogP contribution in [0.4, 0.5) is 0 Å². The molecule has 0 atom stereocenters. The average molecular weight is 385 g/mol. The molecule has 27 heavy (non-hydrogen) atoms. The Hall–Kier alpha value is -2.71. The number of hydrogen-bond donors (Lipinski definition) is 2. The van der Waals surface area contributed by atoms with Gasteiger partial charge in [-0.25, -0.2) is 4.98 Å². The van der Waals surface area contributed by atoms with Crippen LogP contribution in [0.2, 0.25) is 0 Å². The first kappa shape index (κ1) is 17.7. The summed E-state index contributed by atoms with van der Waals surface area (Å²) in [5, 5.41) is 16.0. The summed E-state index contributed by atoms with van der Waals surface area (Å²) in [6.07, 6.45) is 0. The number of carbonyl (C=O) groups is 1. The third-order valence-corrected chi connectivity index (χ3v) is 5.69. The van der Waals surface area contributed by atoms with Crippen LogP contribution in [-0.4, -0.2) is 27.2 Å². The molecule has 140 valence electrons. The highest BCUT2D eigenvalue weighted by Gasteiger charge is 2.34. The zero-order chi connectivity index (χ0) is 19.2. The zero-order valence-electron chi connectivity index (χ0n) is 15.0. The van der Waals surface area contributed by atoms with Crippen LogP contribution in [0.15, 0.2) is 34.4 Å². The molecule has 7 nitrogen and oxygen atoms in total. The molecule has 0 unspecified atom stereocenters. The van der Waals surface area contributed by atoms with Gasteiger partial charge >= 0.3 is 0 Å². The number of fused-ring (bicyclic) bond motifs is 2. The molecule has 0 saturated carbocycles. The molecule has 0 spiro atoms. The highest BCUT2D eigenvalue weighted by Crippen LogP contribution is 2.28. The van der Waals surface area contributed by atoms with Gasteiger partial charge in [-0.2, -0.15) is 0 Å². The number of nitrogens with zero attached hydrogens (tertiary/aromatic N) is 2. The molecule has 8 heteroatoms. The lowest BCUT2D eigenvalue weighted by molar-refractivity contribution is -0.0566. The molecular formula is C19H19N3O4S. The van der Waals surface area contributed by atoms with Crippen LogP contribution in [0.25, 0.3) is 10.1 Å². The first-order valence-corrected chi connectivity index (χ1v) is 9.48. The fourth-order valence-electron chi connectivity index (χ4n) is 3.26. The largest absolute Gasteiger partial charge is 0.501 e. The molecule has 1 aromatic carbocycles. The molecule has 0 saturated heterocycles. The van der Waals surface area contributed by atoms with Gasteiger partial charge in [0.2, 0.25) is 5.75 Å². The van der Waals surface area contributed by atoms with Gasteiger partial charge in [0.1, 0.15) is 11.4 Å². The Morgan fingerprint density at radius 2 is 2.19 bits per heavy atom. The molecular weight excluding hydrogens is 366 g/mol. The molecule has 0 bridgehead atoms. The van der Waals surface area contributed by atoms with E-state index in [0.29, 0.717) is 19.0 Å². The second-order valence-electron chi connectivity index (χ2n) is 6.89. The van der Waals surface area contributed by atoms with Crippen LogP contribution in [0.1, 0.15) is 35.7 Å². The quantitative estimate of drug-likeness (QED) is 0.722. The van der Waals surface area contributed by atoms with Gasteiger partial charge in [0, 0.05) is 11.2 Å². The van der Waals surface area contributed by atoms with Gasteiger partial charge in [-0.1, -0.05) is 18.2 Å². The van der Waals surface area contributed by atoms with Crippen molar-refractivity contribution in [1.82, 2.24) is 14.9 Å². The van der Waals surface area contributed by atoms with E-state index in [1.165, 1.54) is 4.57 Å². The van der Waals surface area contributed by atoms with E-state index in [0.717, 1.165) is 15.6 Å². The third-order valence-electron chi connectivity index (χ3n) is 4.68. The molecule has 1 amide bonds. The normalized spacial score (nSPS) is 15.5. The van der Waals surface area contributed by atoms with E-state index >= 15 is 0 Å². The molecule has 1 aliphatic heterocycles. The molecule has 0 fully saturated rings. The predicted molar refractivity (Wildman–Crippen MR) is 102 cm³/mol. The standard InChI is InChI=1S/C19H19N3O4S/c1-19(2)18-21-14(15(23)17(25)22(18)7-8-26-19)16(24)20-9-11-10-27-13-6-4-3-5-12(11)13/h3-6,10,23H,7-9H2,1-2H3,(H,20,24). The number of hydrogen-bond acceptors (Lipinski definition) is 6. The maximum Gasteiger partial charge on any atom is 0.296 e. The number of thiophene rings is 1. The summed E-state index contributed by atoms with van der Waals surface area (Å²) >= 11 is 1.60. The van der Waals surface area contributed by atoms with Crippen molar-refractivity contribution in [2.75, 3.05) is 6.61 Å². The Bertz CT molecular complexity index is 1100. The molecule has 0 radical (unpaired) electrons. The summed E-state index contributed by atoms with van der Waals surface area (Å²) in [5.41, 5.74) is -0.738. The van der Waals surface area contributed by atoms with Crippen molar-refractivity contribution in [1.29, 1.82) is 0 Å². The Balaban J connectivity index is 1.64. The van der Waals surface area contributed by atoms with E-state index < -0.39 is 22.8 Å². The van der Waals surface area contributed by atoms with Gasteiger partial charge in [-0.05, 0) is 36.2 Å². The first-order valence-electron chi connectivity index (χ1n) is 8.60.